The Morgan fingerprint density at radius 1 is 1.06 bits per heavy atom. The van der Waals surface area contributed by atoms with Crippen LogP contribution in [0, 0.1) is 0 Å². The van der Waals surface area contributed by atoms with Gasteiger partial charge < -0.3 is 9.88 Å². The number of hydrazine groups is 1. The molecule has 3 N–H and O–H groups in total. The van der Waals surface area contributed by atoms with Crippen molar-refractivity contribution in [2.45, 2.75) is 25.5 Å². The third-order valence-electron chi connectivity index (χ3n) is 4.23. The molecule has 0 radical (unpaired) electrons. The van der Waals surface area contributed by atoms with Gasteiger partial charge in [-0.15, -0.1) is 10.2 Å². The fraction of sp³-hybridized carbons (Fsp3) is 0.190. The van der Waals surface area contributed by atoms with E-state index in [9.17, 15) is 14.4 Å². The van der Waals surface area contributed by atoms with Gasteiger partial charge in [0.05, 0.1) is 5.75 Å². The predicted octanol–water partition coefficient (Wildman–Crippen LogP) is 3.13. The Morgan fingerprint density at radius 3 is 2.50 bits per heavy atom. The van der Waals surface area contributed by atoms with Crippen molar-refractivity contribution < 1.29 is 14.4 Å². The maximum absolute atomic E-state index is 12.2. The molecule has 1 heterocycles. The molecule has 0 saturated carbocycles. The van der Waals surface area contributed by atoms with Crippen molar-refractivity contribution in [1.82, 2.24) is 25.6 Å². The number of carbonyl (C=O) groups excluding carboxylic acids is 3. The van der Waals surface area contributed by atoms with Gasteiger partial charge in [0.15, 0.2) is 11.0 Å². The van der Waals surface area contributed by atoms with Crippen LogP contribution in [-0.2, 0) is 16.1 Å². The van der Waals surface area contributed by atoms with Crippen LogP contribution in [0.25, 0.3) is 11.4 Å². The third kappa shape index (κ3) is 6.08. The molecule has 2 aromatic carbocycles. The Balaban J connectivity index is 1.60. The number of hydrogen-bond acceptors (Lipinski definition) is 6. The van der Waals surface area contributed by atoms with E-state index < -0.39 is 11.8 Å². The van der Waals surface area contributed by atoms with Crippen LogP contribution in [0.1, 0.15) is 24.2 Å². The van der Waals surface area contributed by atoms with E-state index in [0.717, 1.165) is 5.56 Å². The van der Waals surface area contributed by atoms with Crippen LogP contribution in [0.15, 0.2) is 53.7 Å². The molecule has 0 saturated heterocycles. The zero-order valence-electron chi connectivity index (χ0n) is 17.4. The Hall–Kier alpha value is -3.37. The summed E-state index contributed by atoms with van der Waals surface area (Å²) in [4.78, 5) is 35.5. The molecule has 3 amide bonds. The van der Waals surface area contributed by atoms with Crippen molar-refractivity contribution >= 4 is 46.8 Å². The van der Waals surface area contributed by atoms with Crippen LogP contribution in [0.4, 0.5) is 5.69 Å². The average molecular weight is 473 g/mol. The molecule has 11 heteroatoms. The molecular formula is C21H21ClN6O3S. The van der Waals surface area contributed by atoms with Crippen molar-refractivity contribution in [2.75, 3.05) is 11.1 Å². The van der Waals surface area contributed by atoms with Crippen LogP contribution in [0.3, 0.4) is 0 Å². The largest absolute Gasteiger partial charge is 0.326 e. The van der Waals surface area contributed by atoms with E-state index in [0.29, 0.717) is 33.8 Å². The number of amides is 3. The number of hydrogen-bond donors (Lipinski definition) is 3. The Morgan fingerprint density at radius 2 is 1.81 bits per heavy atom. The second-order valence-electron chi connectivity index (χ2n) is 6.61. The summed E-state index contributed by atoms with van der Waals surface area (Å²) < 4.78 is 1.87. The highest BCUT2D eigenvalue weighted by Gasteiger charge is 2.15. The lowest BCUT2D eigenvalue weighted by molar-refractivity contribution is -0.119. The number of anilines is 1. The van der Waals surface area contributed by atoms with Crippen molar-refractivity contribution in [2.24, 2.45) is 0 Å². The molecule has 0 spiro atoms. The number of carbonyl (C=O) groups is 3. The van der Waals surface area contributed by atoms with Gasteiger partial charge in [0.2, 0.25) is 11.8 Å². The summed E-state index contributed by atoms with van der Waals surface area (Å²) >= 11 is 7.00. The number of benzene rings is 2. The lowest BCUT2D eigenvalue weighted by atomic mass is 10.2. The molecule has 1 aromatic heterocycles. The monoisotopic (exact) mass is 472 g/mol. The molecule has 0 bridgehead atoms. The number of halogens is 1. The highest BCUT2D eigenvalue weighted by atomic mass is 35.5. The molecule has 0 aliphatic carbocycles. The molecule has 9 nitrogen and oxygen atoms in total. The molecule has 0 atom stereocenters. The first-order chi connectivity index (χ1) is 15.4. The molecule has 32 heavy (non-hydrogen) atoms. The maximum Gasteiger partial charge on any atom is 0.269 e. The van der Waals surface area contributed by atoms with Crippen LogP contribution in [0.5, 0.6) is 0 Å². The number of aromatic nitrogens is 3. The summed E-state index contributed by atoms with van der Waals surface area (Å²) in [5.74, 6) is -0.344. The molecule has 3 aromatic rings. The van der Waals surface area contributed by atoms with Crippen molar-refractivity contribution in [1.29, 1.82) is 0 Å². The molecular weight excluding hydrogens is 452 g/mol. The summed E-state index contributed by atoms with van der Waals surface area (Å²) in [5.41, 5.74) is 6.56. The third-order valence-corrected chi connectivity index (χ3v) is 5.45. The minimum atomic E-state index is -0.446. The van der Waals surface area contributed by atoms with E-state index in [1.54, 1.807) is 30.3 Å². The van der Waals surface area contributed by atoms with Gasteiger partial charge in [0.1, 0.15) is 0 Å². The first kappa shape index (κ1) is 23.3. The number of nitrogens with zero attached hydrogens (tertiary/aromatic N) is 3. The van der Waals surface area contributed by atoms with Crippen LogP contribution in [0.2, 0.25) is 5.02 Å². The lowest BCUT2D eigenvalue weighted by Gasteiger charge is -2.09. The highest BCUT2D eigenvalue weighted by molar-refractivity contribution is 7.99. The zero-order valence-corrected chi connectivity index (χ0v) is 19.0. The minimum absolute atomic E-state index is 0.0327. The van der Waals surface area contributed by atoms with Crippen LogP contribution >= 0.6 is 23.4 Å². The van der Waals surface area contributed by atoms with E-state index in [4.69, 9.17) is 11.6 Å². The fourth-order valence-corrected chi connectivity index (χ4v) is 3.73. The first-order valence-corrected chi connectivity index (χ1v) is 11.0. The fourth-order valence-electron chi connectivity index (χ4n) is 2.80. The lowest BCUT2D eigenvalue weighted by Crippen LogP contribution is -2.42. The molecule has 0 aliphatic rings. The standard InChI is InChI=1S/C21H21ClN6O3S/c1-3-28-19(15-5-4-6-17(11-15)23-13(2)29)25-27-21(28)32-12-18(30)24-26-20(31)14-7-9-16(22)10-8-14/h4-11H,3,12H2,1-2H3,(H,23,29)(H,24,30)(H,26,31). The quantitative estimate of drug-likeness (QED) is 0.359. The normalized spacial score (nSPS) is 10.5. The molecule has 166 valence electrons. The predicted molar refractivity (Wildman–Crippen MR) is 123 cm³/mol. The van der Waals surface area contributed by atoms with E-state index in [1.807, 2.05) is 29.7 Å². The van der Waals surface area contributed by atoms with Gasteiger partial charge >= 0.3 is 0 Å². The van der Waals surface area contributed by atoms with E-state index in [1.165, 1.54) is 18.7 Å². The molecule has 0 unspecified atom stereocenters. The SMILES string of the molecule is CCn1c(SCC(=O)NNC(=O)c2ccc(Cl)cc2)nnc1-c1cccc(NC(C)=O)c1. The Kier molecular flexibility index (Phi) is 7.85. The summed E-state index contributed by atoms with van der Waals surface area (Å²) in [6, 6.07) is 13.6. The smallest absolute Gasteiger partial charge is 0.269 e. The summed E-state index contributed by atoms with van der Waals surface area (Å²) in [5, 5.41) is 12.2. The minimum Gasteiger partial charge on any atom is -0.326 e. The van der Waals surface area contributed by atoms with Crippen LogP contribution < -0.4 is 16.2 Å². The Labute approximate surface area is 193 Å². The topological polar surface area (TPSA) is 118 Å². The van der Waals surface area contributed by atoms with Crippen LogP contribution in [-0.4, -0.2) is 38.2 Å². The van der Waals surface area contributed by atoms with Crippen molar-refractivity contribution in [3.05, 3.63) is 59.1 Å². The Bertz CT molecular complexity index is 1130. The highest BCUT2D eigenvalue weighted by Crippen LogP contribution is 2.25. The number of rotatable bonds is 7. The summed E-state index contributed by atoms with van der Waals surface area (Å²) in [7, 11) is 0. The summed E-state index contributed by atoms with van der Waals surface area (Å²) in [6.07, 6.45) is 0. The summed E-state index contributed by atoms with van der Waals surface area (Å²) in [6.45, 7) is 3.98. The second-order valence-corrected chi connectivity index (χ2v) is 7.99. The van der Waals surface area contributed by atoms with Crippen molar-refractivity contribution in [3.8, 4) is 11.4 Å². The molecule has 0 aliphatic heterocycles. The van der Waals surface area contributed by atoms with Gasteiger partial charge in [0, 0.05) is 35.3 Å². The van der Waals surface area contributed by atoms with E-state index in [2.05, 4.69) is 26.4 Å². The van der Waals surface area contributed by atoms with Crippen molar-refractivity contribution in [3.63, 3.8) is 0 Å². The van der Waals surface area contributed by atoms with E-state index >= 15 is 0 Å². The van der Waals surface area contributed by atoms with Gasteiger partial charge in [-0.2, -0.15) is 0 Å². The number of thioether (sulfide) groups is 1. The first-order valence-electron chi connectivity index (χ1n) is 9.66. The van der Waals surface area contributed by atoms with Gasteiger partial charge in [-0.25, -0.2) is 0 Å². The molecule has 0 fully saturated rings. The van der Waals surface area contributed by atoms with Gasteiger partial charge in [-0.3, -0.25) is 25.2 Å². The van der Waals surface area contributed by atoms with Gasteiger partial charge in [0.25, 0.3) is 5.91 Å². The second kappa shape index (κ2) is 10.8. The van der Waals surface area contributed by atoms with Gasteiger partial charge in [-0.1, -0.05) is 35.5 Å². The van der Waals surface area contributed by atoms with Gasteiger partial charge in [-0.05, 0) is 43.3 Å². The maximum atomic E-state index is 12.2. The zero-order chi connectivity index (χ0) is 23.1. The number of nitrogens with one attached hydrogen (secondary N) is 3. The van der Waals surface area contributed by atoms with E-state index in [-0.39, 0.29) is 11.7 Å². The molecule has 3 rings (SSSR count). The average Bonchev–Trinajstić information content (AvgIpc) is 3.19.